The topological polar surface area (TPSA) is 134 Å². The van der Waals surface area contributed by atoms with Crippen molar-refractivity contribution < 1.29 is 37.6 Å². The minimum atomic E-state index is -4.38. The smallest absolute Gasteiger partial charge is 0.462 e. The van der Waals surface area contributed by atoms with E-state index in [2.05, 4.69) is 38.2 Å². The van der Waals surface area contributed by atoms with Crippen molar-refractivity contribution in [3.63, 3.8) is 0 Å². The highest BCUT2D eigenvalue weighted by molar-refractivity contribution is 7.47. The highest BCUT2D eigenvalue weighted by Gasteiger charge is 2.26. The molecule has 0 radical (unpaired) electrons. The van der Waals surface area contributed by atoms with E-state index in [1.165, 1.54) is 96.3 Å². The van der Waals surface area contributed by atoms with Gasteiger partial charge in [-0.1, -0.05) is 141 Å². The third-order valence-electron chi connectivity index (χ3n) is 8.81. The fraction of sp³-hybridized carbons (Fsp3) is 0.854. The van der Waals surface area contributed by atoms with Crippen molar-refractivity contribution in [1.82, 2.24) is 0 Å². The number of unbranched alkanes of at least 4 members (excludes halogenated alkanes) is 22. The van der Waals surface area contributed by atoms with Crippen molar-refractivity contribution in [3.8, 4) is 0 Å². The lowest BCUT2D eigenvalue weighted by Gasteiger charge is -2.19. The largest absolute Gasteiger partial charge is 0.472 e. The molecule has 0 aromatic carbocycles. The van der Waals surface area contributed by atoms with Crippen LogP contribution in [0.5, 0.6) is 0 Å². The standard InChI is InChI=1S/C41H78NO8P/c1-3-5-7-9-11-13-15-17-19-21-23-25-27-29-31-33-40(43)47-37-39(38-49-51(45,46)48-36-35-42)50-41(44)34-32-30-28-26-24-22-20-18-16-14-12-10-8-6-4-2/h18,20-21,23,39H,3-17,19,22,24-38,42H2,1-2H3,(H,45,46)/b20-18+,23-21+/t39-/m1/s1. The first-order valence-corrected chi connectivity index (χ1v) is 22.3. The second-order valence-corrected chi connectivity index (χ2v) is 15.3. The summed E-state index contributed by atoms with van der Waals surface area (Å²) in [6.07, 6.45) is 39.2. The van der Waals surface area contributed by atoms with E-state index in [4.69, 9.17) is 24.3 Å². The number of nitrogens with two attached hydrogens (primary N) is 1. The van der Waals surface area contributed by atoms with E-state index in [1.54, 1.807) is 0 Å². The number of hydrogen-bond donors (Lipinski definition) is 2. The van der Waals surface area contributed by atoms with Gasteiger partial charge in [0.25, 0.3) is 0 Å². The van der Waals surface area contributed by atoms with Crippen LogP contribution in [0.2, 0.25) is 0 Å². The molecular weight excluding hydrogens is 665 g/mol. The van der Waals surface area contributed by atoms with Gasteiger partial charge in [-0.25, -0.2) is 4.57 Å². The van der Waals surface area contributed by atoms with Gasteiger partial charge in [-0.2, -0.15) is 0 Å². The number of allylic oxidation sites excluding steroid dienone is 4. The van der Waals surface area contributed by atoms with Gasteiger partial charge < -0.3 is 20.1 Å². The Hall–Kier alpha value is -1.51. The highest BCUT2D eigenvalue weighted by Crippen LogP contribution is 2.43. The summed E-state index contributed by atoms with van der Waals surface area (Å²) in [5, 5.41) is 0. The van der Waals surface area contributed by atoms with E-state index < -0.39 is 32.5 Å². The number of ether oxygens (including phenoxy) is 2. The first-order valence-electron chi connectivity index (χ1n) is 20.8. The monoisotopic (exact) mass is 744 g/mol. The lowest BCUT2D eigenvalue weighted by molar-refractivity contribution is -0.161. The minimum Gasteiger partial charge on any atom is -0.462 e. The van der Waals surface area contributed by atoms with E-state index in [9.17, 15) is 19.0 Å². The van der Waals surface area contributed by atoms with Crippen LogP contribution in [0.1, 0.15) is 194 Å². The SMILES string of the molecule is CCCCCCCC/C=C/CCCCCCCC(=O)O[C@H](COC(=O)CCCCC/C=C/CCCCCCCCCC)COP(=O)(O)OCCN. The fourth-order valence-electron chi connectivity index (χ4n) is 5.68. The van der Waals surface area contributed by atoms with Gasteiger partial charge in [-0.05, 0) is 64.2 Å². The predicted molar refractivity (Wildman–Crippen MR) is 211 cm³/mol. The van der Waals surface area contributed by atoms with E-state index in [-0.39, 0.29) is 32.6 Å². The molecule has 0 aliphatic rings. The second-order valence-electron chi connectivity index (χ2n) is 13.8. The van der Waals surface area contributed by atoms with E-state index in [1.807, 2.05) is 0 Å². The summed E-state index contributed by atoms with van der Waals surface area (Å²) in [7, 11) is -4.38. The maximum absolute atomic E-state index is 12.5. The Balaban J connectivity index is 4.21. The summed E-state index contributed by atoms with van der Waals surface area (Å²) in [6, 6.07) is 0. The van der Waals surface area contributed by atoms with Crippen LogP contribution in [0.4, 0.5) is 0 Å². The molecular formula is C41H78NO8P. The zero-order valence-electron chi connectivity index (χ0n) is 32.8. The summed E-state index contributed by atoms with van der Waals surface area (Å²) >= 11 is 0. The van der Waals surface area contributed by atoms with Crippen LogP contribution in [0.3, 0.4) is 0 Å². The van der Waals surface area contributed by atoms with Crippen molar-refractivity contribution >= 4 is 19.8 Å². The van der Waals surface area contributed by atoms with Crippen LogP contribution >= 0.6 is 7.82 Å². The molecule has 0 aromatic rings. The Labute approximate surface area is 312 Å². The zero-order valence-corrected chi connectivity index (χ0v) is 33.7. The molecule has 0 bridgehead atoms. The van der Waals surface area contributed by atoms with Gasteiger partial charge in [0, 0.05) is 19.4 Å². The molecule has 10 heteroatoms. The van der Waals surface area contributed by atoms with Crippen molar-refractivity contribution in [2.24, 2.45) is 5.73 Å². The van der Waals surface area contributed by atoms with Crippen LogP contribution < -0.4 is 5.73 Å². The van der Waals surface area contributed by atoms with Gasteiger partial charge >= 0.3 is 19.8 Å². The summed E-state index contributed by atoms with van der Waals surface area (Å²) in [6.45, 7) is 3.70. The first kappa shape index (κ1) is 49.5. The maximum Gasteiger partial charge on any atom is 0.472 e. The number of phosphoric ester groups is 1. The first-order chi connectivity index (χ1) is 24.8. The average molecular weight is 744 g/mol. The van der Waals surface area contributed by atoms with Gasteiger partial charge in [-0.3, -0.25) is 18.6 Å². The molecule has 0 rings (SSSR count). The van der Waals surface area contributed by atoms with Crippen LogP contribution in [-0.4, -0.2) is 49.3 Å². The number of carbonyl (C=O) groups is 2. The van der Waals surface area contributed by atoms with Crippen molar-refractivity contribution in [2.75, 3.05) is 26.4 Å². The van der Waals surface area contributed by atoms with Crippen LogP contribution in [0, 0.1) is 0 Å². The third kappa shape index (κ3) is 38.0. The van der Waals surface area contributed by atoms with Crippen LogP contribution in [0.25, 0.3) is 0 Å². The molecule has 0 fully saturated rings. The van der Waals surface area contributed by atoms with Crippen molar-refractivity contribution in [2.45, 2.75) is 200 Å². The summed E-state index contributed by atoms with van der Waals surface area (Å²) in [5.41, 5.74) is 5.34. The molecule has 0 aliphatic carbocycles. The van der Waals surface area contributed by atoms with E-state index in [0.717, 1.165) is 57.8 Å². The zero-order chi connectivity index (χ0) is 37.5. The number of rotatable bonds is 39. The van der Waals surface area contributed by atoms with Crippen molar-refractivity contribution in [1.29, 1.82) is 0 Å². The molecule has 1 unspecified atom stereocenters. The average Bonchev–Trinajstić information content (AvgIpc) is 3.11. The predicted octanol–water partition coefficient (Wildman–Crippen LogP) is 11.6. The summed E-state index contributed by atoms with van der Waals surface area (Å²) in [5.74, 6) is -0.853. The minimum absolute atomic E-state index is 0.0511. The van der Waals surface area contributed by atoms with E-state index >= 15 is 0 Å². The third-order valence-corrected chi connectivity index (χ3v) is 9.79. The lowest BCUT2D eigenvalue weighted by Crippen LogP contribution is -2.29. The summed E-state index contributed by atoms with van der Waals surface area (Å²) < 4.78 is 32.7. The molecule has 51 heavy (non-hydrogen) atoms. The van der Waals surface area contributed by atoms with E-state index in [0.29, 0.717) is 12.8 Å². The highest BCUT2D eigenvalue weighted by atomic mass is 31.2. The number of carbonyl (C=O) groups excluding carboxylic acids is 2. The van der Waals surface area contributed by atoms with Crippen molar-refractivity contribution in [3.05, 3.63) is 24.3 Å². The molecule has 0 aliphatic heterocycles. The normalized spacial score (nSPS) is 13.6. The quantitative estimate of drug-likeness (QED) is 0.0273. The van der Waals surface area contributed by atoms with Crippen LogP contribution in [0.15, 0.2) is 24.3 Å². The Morgan fingerprint density at radius 2 is 0.961 bits per heavy atom. The number of esters is 2. The molecule has 0 amide bonds. The van der Waals surface area contributed by atoms with Gasteiger partial charge in [0.05, 0.1) is 13.2 Å². The Bertz CT molecular complexity index is 897. The molecule has 300 valence electrons. The fourth-order valence-corrected chi connectivity index (χ4v) is 6.45. The second kappa shape index (κ2) is 38.2. The molecule has 0 saturated carbocycles. The van der Waals surface area contributed by atoms with Gasteiger partial charge in [0.15, 0.2) is 6.10 Å². The molecule has 0 spiro atoms. The molecule has 9 nitrogen and oxygen atoms in total. The molecule has 0 heterocycles. The Morgan fingerprint density at radius 1 is 0.569 bits per heavy atom. The number of phosphoric acid groups is 1. The maximum atomic E-state index is 12.5. The Morgan fingerprint density at radius 3 is 1.41 bits per heavy atom. The Kier molecular flexibility index (Phi) is 37.1. The molecule has 3 N–H and O–H groups in total. The number of hydrogen-bond acceptors (Lipinski definition) is 8. The van der Waals surface area contributed by atoms with Gasteiger partial charge in [-0.15, -0.1) is 0 Å². The van der Waals surface area contributed by atoms with Gasteiger partial charge in [0.1, 0.15) is 6.61 Å². The van der Waals surface area contributed by atoms with Gasteiger partial charge in [0.2, 0.25) is 0 Å². The summed E-state index contributed by atoms with van der Waals surface area (Å²) in [4.78, 5) is 34.8. The molecule has 0 saturated heterocycles. The van der Waals surface area contributed by atoms with Crippen LogP contribution in [-0.2, 0) is 32.7 Å². The molecule has 0 aromatic heterocycles. The lowest BCUT2D eigenvalue weighted by atomic mass is 10.1. The molecule has 2 atom stereocenters.